The summed E-state index contributed by atoms with van der Waals surface area (Å²) in [6, 6.07) is 13.5. The largest absolute Gasteiger partial charge is 0.493 e. The van der Waals surface area contributed by atoms with Gasteiger partial charge in [0.1, 0.15) is 5.03 Å². The molecule has 0 aliphatic carbocycles. The van der Waals surface area contributed by atoms with E-state index in [1.54, 1.807) is 25.9 Å². The highest BCUT2D eigenvalue weighted by atomic mass is 32.2. The molecule has 0 saturated heterocycles. The molecule has 0 saturated carbocycles. The summed E-state index contributed by atoms with van der Waals surface area (Å²) in [5.41, 5.74) is 1.67. The summed E-state index contributed by atoms with van der Waals surface area (Å²) >= 11 is 1.37. The van der Waals surface area contributed by atoms with E-state index in [1.807, 2.05) is 42.5 Å². The Balaban J connectivity index is 1.95. The zero-order chi connectivity index (χ0) is 18.8. The molecule has 0 unspecified atom stereocenters. The van der Waals surface area contributed by atoms with Gasteiger partial charge < -0.3 is 9.47 Å². The van der Waals surface area contributed by atoms with E-state index >= 15 is 0 Å². The molecular formula is C18H16N6O2S. The van der Waals surface area contributed by atoms with Gasteiger partial charge in [-0.3, -0.25) is 0 Å². The van der Waals surface area contributed by atoms with Gasteiger partial charge in [-0.1, -0.05) is 30.3 Å². The van der Waals surface area contributed by atoms with Crippen molar-refractivity contribution in [1.82, 2.24) is 30.2 Å². The fraction of sp³-hybridized carbons (Fsp3) is 0.167. The number of hydrogen-bond acceptors (Lipinski definition) is 8. The molecule has 0 radical (unpaired) electrons. The summed E-state index contributed by atoms with van der Waals surface area (Å²) in [5, 5.41) is 13.8. The Labute approximate surface area is 159 Å². The van der Waals surface area contributed by atoms with Gasteiger partial charge in [-0.25, -0.2) is 14.6 Å². The molecule has 2 aromatic heterocycles. The second-order valence-corrected chi connectivity index (χ2v) is 6.59. The van der Waals surface area contributed by atoms with Crippen LogP contribution in [0.25, 0.3) is 22.3 Å². The third-order valence-corrected chi connectivity index (χ3v) is 5.00. The Morgan fingerprint density at radius 2 is 1.70 bits per heavy atom. The number of nitrogens with zero attached hydrogens (tertiary/aromatic N) is 6. The second-order valence-electron chi connectivity index (χ2n) is 5.63. The molecule has 4 aromatic rings. The minimum absolute atomic E-state index is 0.610. The Morgan fingerprint density at radius 3 is 2.37 bits per heavy atom. The molecule has 4 rings (SSSR count). The van der Waals surface area contributed by atoms with E-state index < -0.39 is 0 Å². The molecule has 8 nitrogen and oxygen atoms in total. The van der Waals surface area contributed by atoms with E-state index in [-0.39, 0.29) is 0 Å². The quantitative estimate of drug-likeness (QED) is 0.488. The fourth-order valence-electron chi connectivity index (χ4n) is 2.62. The Bertz CT molecular complexity index is 1100. The monoisotopic (exact) mass is 380 g/mol. The number of rotatable bonds is 5. The van der Waals surface area contributed by atoms with E-state index in [0.717, 1.165) is 21.5 Å². The second kappa shape index (κ2) is 7.20. The fourth-order valence-corrected chi connectivity index (χ4v) is 3.44. The Kier molecular flexibility index (Phi) is 4.59. The zero-order valence-corrected chi connectivity index (χ0v) is 15.8. The number of fused-ring (bicyclic) bond motifs is 1. The third-order valence-electron chi connectivity index (χ3n) is 3.97. The summed E-state index contributed by atoms with van der Waals surface area (Å²) in [6.07, 6.45) is 0. The van der Waals surface area contributed by atoms with E-state index in [9.17, 15) is 0 Å². The Morgan fingerprint density at radius 1 is 0.963 bits per heavy atom. The van der Waals surface area contributed by atoms with Crippen molar-refractivity contribution in [3.63, 3.8) is 0 Å². The molecule has 136 valence electrons. The van der Waals surface area contributed by atoms with E-state index in [4.69, 9.17) is 19.4 Å². The average Bonchev–Trinajstić information content (AvgIpc) is 3.12. The predicted octanol–water partition coefficient (Wildman–Crippen LogP) is 2.99. The van der Waals surface area contributed by atoms with E-state index in [1.165, 1.54) is 11.8 Å². The smallest absolute Gasteiger partial charge is 0.215 e. The minimum atomic E-state index is 0.610. The zero-order valence-electron chi connectivity index (χ0n) is 14.9. The van der Waals surface area contributed by atoms with Crippen LogP contribution in [0.15, 0.2) is 52.6 Å². The maximum atomic E-state index is 5.44. The van der Waals surface area contributed by atoms with Crippen LogP contribution >= 0.6 is 11.8 Å². The normalized spacial score (nSPS) is 10.9. The molecular weight excluding hydrogens is 364 g/mol. The van der Waals surface area contributed by atoms with Crippen molar-refractivity contribution in [2.75, 3.05) is 14.2 Å². The van der Waals surface area contributed by atoms with Gasteiger partial charge in [0.25, 0.3) is 0 Å². The predicted molar refractivity (Wildman–Crippen MR) is 101 cm³/mol. The van der Waals surface area contributed by atoms with Crippen molar-refractivity contribution in [2.45, 2.75) is 10.2 Å². The third kappa shape index (κ3) is 3.28. The van der Waals surface area contributed by atoms with Gasteiger partial charge >= 0.3 is 0 Å². The van der Waals surface area contributed by atoms with Gasteiger partial charge in [0.15, 0.2) is 17.3 Å². The SMILES string of the molecule is COc1cc2nc(-c3ccccc3)nc(Sc3nnnn3C)c2cc1OC. The summed E-state index contributed by atoms with van der Waals surface area (Å²) in [6.45, 7) is 0. The highest BCUT2D eigenvalue weighted by Crippen LogP contribution is 2.37. The average molecular weight is 380 g/mol. The van der Waals surface area contributed by atoms with Crippen LogP contribution in [-0.2, 0) is 7.05 Å². The topological polar surface area (TPSA) is 87.8 Å². The van der Waals surface area contributed by atoms with Gasteiger partial charge in [-0.05, 0) is 28.3 Å². The summed E-state index contributed by atoms with van der Waals surface area (Å²) in [4.78, 5) is 9.49. The molecule has 0 aliphatic heterocycles. The molecule has 0 N–H and O–H groups in total. The summed E-state index contributed by atoms with van der Waals surface area (Å²) < 4.78 is 12.5. The standard InChI is InChI=1S/C18H16N6O2S/c1-24-18(21-22-23-24)27-17-12-9-14(25-2)15(26-3)10-13(12)19-16(20-17)11-7-5-4-6-8-11/h4-10H,1-3H3. The van der Waals surface area contributed by atoms with Crippen LogP contribution in [-0.4, -0.2) is 44.4 Å². The van der Waals surface area contributed by atoms with Crippen LogP contribution < -0.4 is 9.47 Å². The van der Waals surface area contributed by atoms with E-state index in [2.05, 4.69) is 15.5 Å². The first-order chi connectivity index (χ1) is 13.2. The molecule has 0 spiro atoms. The van der Waals surface area contributed by atoms with Crippen LogP contribution in [0.1, 0.15) is 0 Å². The number of aryl methyl sites for hydroxylation is 1. The van der Waals surface area contributed by atoms with E-state index in [0.29, 0.717) is 22.5 Å². The number of benzene rings is 2. The molecule has 27 heavy (non-hydrogen) atoms. The van der Waals surface area contributed by atoms with Gasteiger partial charge in [-0.15, -0.1) is 5.10 Å². The number of methoxy groups -OCH3 is 2. The molecule has 2 heterocycles. The molecule has 2 aromatic carbocycles. The first kappa shape index (κ1) is 17.2. The van der Waals surface area contributed by atoms with Gasteiger partial charge in [-0.2, -0.15) is 0 Å². The van der Waals surface area contributed by atoms with Gasteiger partial charge in [0.05, 0.1) is 19.7 Å². The number of tetrazole rings is 1. The van der Waals surface area contributed by atoms with Crippen molar-refractivity contribution < 1.29 is 9.47 Å². The van der Waals surface area contributed by atoms with Crippen molar-refractivity contribution >= 4 is 22.7 Å². The van der Waals surface area contributed by atoms with Crippen molar-refractivity contribution in [3.05, 3.63) is 42.5 Å². The van der Waals surface area contributed by atoms with Crippen LogP contribution in [0.2, 0.25) is 0 Å². The van der Waals surface area contributed by atoms with Gasteiger partial charge in [0, 0.05) is 24.1 Å². The van der Waals surface area contributed by atoms with Crippen LogP contribution in [0.5, 0.6) is 11.5 Å². The number of hydrogen-bond donors (Lipinski definition) is 0. The molecule has 0 atom stereocenters. The van der Waals surface area contributed by atoms with Crippen LogP contribution in [0, 0.1) is 0 Å². The number of aromatic nitrogens is 6. The minimum Gasteiger partial charge on any atom is -0.493 e. The highest BCUT2D eigenvalue weighted by Gasteiger charge is 2.17. The summed E-state index contributed by atoms with van der Waals surface area (Å²) in [7, 11) is 4.99. The number of ether oxygens (including phenoxy) is 2. The van der Waals surface area contributed by atoms with Crippen molar-refractivity contribution in [2.24, 2.45) is 7.05 Å². The van der Waals surface area contributed by atoms with Crippen molar-refractivity contribution in [3.8, 4) is 22.9 Å². The van der Waals surface area contributed by atoms with Crippen LogP contribution in [0.4, 0.5) is 0 Å². The molecule has 0 aliphatic rings. The lowest BCUT2D eigenvalue weighted by atomic mass is 10.2. The lowest BCUT2D eigenvalue weighted by Gasteiger charge is -2.12. The first-order valence-electron chi connectivity index (χ1n) is 8.09. The lowest BCUT2D eigenvalue weighted by molar-refractivity contribution is 0.355. The lowest BCUT2D eigenvalue weighted by Crippen LogP contribution is -1.98. The molecule has 9 heteroatoms. The Hall–Kier alpha value is -3.20. The molecule has 0 bridgehead atoms. The van der Waals surface area contributed by atoms with Crippen LogP contribution in [0.3, 0.4) is 0 Å². The van der Waals surface area contributed by atoms with Gasteiger partial charge in [0.2, 0.25) is 5.16 Å². The highest BCUT2D eigenvalue weighted by molar-refractivity contribution is 7.99. The first-order valence-corrected chi connectivity index (χ1v) is 8.90. The molecule has 0 amide bonds. The summed E-state index contributed by atoms with van der Waals surface area (Å²) in [5.74, 6) is 1.84. The maximum absolute atomic E-state index is 5.44. The molecule has 0 fully saturated rings. The maximum Gasteiger partial charge on any atom is 0.215 e. The van der Waals surface area contributed by atoms with Crippen molar-refractivity contribution in [1.29, 1.82) is 0 Å².